The molecule has 1 aliphatic rings. The van der Waals surface area contributed by atoms with Crippen molar-refractivity contribution < 1.29 is 4.79 Å². The second kappa shape index (κ2) is 10.9. The molecule has 0 aromatic carbocycles. The van der Waals surface area contributed by atoms with Crippen LogP contribution in [0.3, 0.4) is 0 Å². The smallest absolute Gasteiger partial charge is 0.119 e. The summed E-state index contributed by atoms with van der Waals surface area (Å²) in [5.74, 6) is 0.865. The monoisotopic (exact) mass is 249 g/mol. The molecule has 0 amide bonds. The van der Waals surface area contributed by atoms with E-state index < -0.39 is 0 Å². The maximum absolute atomic E-state index is 10.2. The Labute approximate surface area is 112 Å². The first-order valence-electron chi connectivity index (χ1n) is 6.94. The van der Waals surface area contributed by atoms with Crippen LogP contribution in [0.5, 0.6) is 0 Å². The predicted molar refractivity (Wildman–Crippen MR) is 80.0 cm³/mol. The lowest BCUT2D eigenvalue weighted by Gasteiger charge is -2.05. The number of nitrogens with zero attached hydrogens (tertiary/aromatic N) is 1. The van der Waals surface area contributed by atoms with Crippen LogP contribution in [0, 0.1) is 5.92 Å². The van der Waals surface area contributed by atoms with Crippen molar-refractivity contribution in [3.63, 3.8) is 0 Å². The summed E-state index contributed by atoms with van der Waals surface area (Å²) in [6.07, 6.45) is 9.55. The quantitative estimate of drug-likeness (QED) is 0.252. The van der Waals surface area contributed by atoms with Gasteiger partial charge in [0.2, 0.25) is 0 Å². The number of hydrogen-bond donors (Lipinski definition) is 0. The lowest BCUT2D eigenvalue weighted by molar-refractivity contribution is -0.107. The van der Waals surface area contributed by atoms with Crippen molar-refractivity contribution >= 4 is 12.0 Å². The van der Waals surface area contributed by atoms with Crippen LogP contribution in [0.15, 0.2) is 30.4 Å². The number of aldehydes is 1. The van der Waals surface area contributed by atoms with Gasteiger partial charge in [0.05, 0.1) is 0 Å². The largest absolute Gasteiger partial charge is 0.303 e. The molecule has 1 aliphatic carbocycles. The van der Waals surface area contributed by atoms with Crippen LogP contribution >= 0.6 is 0 Å². The Morgan fingerprint density at radius 1 is 1.33 bits per heavy atom. The summed E-state index contributed by atoms with van der Waals surface area (Å²) < 4.78 is 0. The molecule has 2 heteroatoms. The minimum atomic E-state index is 0.681. The SMILES string of the molecule is C=C.C=C(CC1CC1)N=C(CC)CCCCC=O. The summed E-state index contributed by atoms with van der Waals surface area (Å²) in [7, 11) is 0. The molecule has 0 spiro atoms. The molecule has 1 saturated carbocycles. The third-order valence-electron chi connectivity index (χ3n) is 2.98. The summed E-state index contributed by atoms with van der Waals surface area (Å²) in [6, 6.07) is 0. The third-order valence-corrected chi connectivity index (χ3v) is 2.98. The molecule has 0 radical (unpaired) electrons. The van der Waals surface area contributed by atoms with Crippen molar-refractivity contribution in [3.8, 4) is 0 Å². The van der Waals surface area contributed by atoms with Crippen LogP contribution in [-0.4, -0.2) is 12.0 Å². The van der Waals surface area contributed by atoms with Crippen LogP contribution in [0.1, 0.15) is 58.3 Å². The number of unbranched alkanes of at least 4 members (excludes halogenated alkanes) is 2. The number of carbonyl (C=O) groups is 1. The molecule has 0 aliphatic heterocycles. The van der Waals surface area contributed by atoms with E-state index in [2.05, 4.69) is 31.7 Å². The number of hydrogen-bond acceptors (Lipinski definition) is 2. The molecule has 0 N–H and O–H groups in total. The third kappa shape index (κ3) is 8.91. The lowest BCUT2D eigenvalue weighted by Crippen LogP contribution is -1.98. The highest BCUT2D eigenvalue weighted by Gasteiger charge is 2.21. The number of aliphatic imine (C=N–C) groups is 1. The molecule has 0 bridgehead atoms. The van der Waals surface area contributed by atoms with E-state index >= 15 is 0 Å². The molecular formula is C16H27NO. The fraction of sp³-hybridized carbons (Fsp3) is 0.625. The first kappa shape index (κ1) is 16.8. The molecule has 102 valence electrons. The number of rotatable bonds is 9. The van der Waals surface area contributed by atoms with E-state index in [1.807, 2.05) is 0 Å². The average Bonchev–Trinajstić information content (AvgIpc) is 3.19. The zero-order valence-corrected chi connectivity index (χ0v) is 11.8. The highest BCUT2D eigenvalue weighted by Crippen LogP contribution is 2.35. The van der Waals surface area contributed by atoms with Gasteiger partial charge in [-0.3, -0.25) is 4.99 Å². The predicted octanol–water partition coefficient (Wildman–Crippen LogP) is 4.71. The maximum Gasteiger partial charge on any atom is 0.119 e. The van der Waals surface area contributed by atoms with Gasteiger partial charge in [-0.2, -0.15) is 0 Å². The second-order valence-corrected chi connectivity index (χ2v) is 4.66. The Kier molecular flexibility index (Phi) is 10.2. The normalized spacial score (nSPS) is 14.6. The summed E-state index contributed by atoms with van der Waals surface area (Å²) >= 11 is 0. The topological polar surface area (TPSA) is 29.4 Å². The summed E-state index contributed by atoms with van der Waals surface area (Å²) in [5.41, 5.74) is 2.30. The minimum absolute atomic E-state index is 0.681. The molecule has 0 atom stereocenters. The zero-order valence-electron chi connectivity index (χ0n) is 11.8. The van der Waals surface area contributed by atoms with Gasteiger partial charge in [0.15, 0.2) is 0 Å². The van der Waals surface area contributed by atoms with Crippen LogP contribution in [0.25, 0.3) is 0 Å². The van der Waals surface area contributed by atoms with Gasteiger partial charge < -0.3 is 4.79 Å². The van der Waals surface area contributed by atoms with Gasteiger partial charge in [0.1, 0.15) is 6.29 Å². The fourth-order valence-corrected chi connectivity index (χ4v) is 1.79. The Bertz CT molecular complexity index is 277. The van der Waals surface area contributed by atoms with Gasteiger partial charge in [0.25, 0.3) is 0 Å². The molecule has 2 nitrogen and oxygen atoms in total. The zero-order chi connectivity index (χ0) is 13.8. The van der Waals surface area contributed by atoms with Crippen LogP contribution in [0.2, 0.25) is 0 Å². The van der Waals surface area contributed by atoms with E-state index in [4.69, 9.17) is 0 Å². The van der Waals surface area contributed by atoms with Gasteiger partial charge >= 0.3 is 0 Å². The Morgan fingerprint density at radius 2 is 2.00 bits per heavy atom. The van der Waals surface area contributed by atoms with E-state index in [1.54, 1.807) is 0 Å². The summed E-state index contributed by atoms with van der Waals surface area (Å²) in [6.45, 7) is 12.2. The first-order chi connectivity index (χ1) is 8.76. The molecule has 0 aromatic rings. The van der Waals surface area contributed by atoms with Crippen LogP contribution < -0.4 is 0 Å². The van der Waals surface area contributed by atoms with Crippen molar-refractivity contribution in [3.05, 3.63) is 25.4 Å². The maximum atomic E-state index is 10.2. The van der Waals surface area contributed by atoms with E-state index in [0.29, 0.717) is 6.42 Å². The Hall–Kier alpha value is -1.18. The van der Waals surface area contributed by atoms with Gasteiger partial charge in [-0.25, -0.2) is 0 Å². The Morgan fingerprint density at radius 3 is 2.50 bits per heavy atom. The number of allylic oxidation sites excluding steroid dienone is 1. The summed E-state index contributed by atoms with van der Waals surface area (Å²) in [5, 5.41) is 0. The molecular weight excluding hydrogens is 222 g/mol. The highest BCUT2D eigenvalue weighted by molar-refractivity contribution is 5.85. The van der Waals surface area contributed by atoms with Crippen LogP contribution in [0.4, 0.5) is 0 Å². The molecule has 0 unspecified atom stereocenters. The lowest BCUT2D eigenvalue weighted by atomic mass is 10.1. The van der Waals surface area contributed by atoms with Gasteiger partial charge in [-0.1, -0.05) is 13.5 Å². The van der Waals surface area contributed by atoms with Gasteiger partial charge in [-0.05, 0) is 50.9 Å². The van der Waals surface area contributed by atoms with Crippen molar-refractivity contribution in [1.29, 1.82) is 0 Å². The van der Waals surface area contributed by atoms with Gasteiger partial charge in [-0.15, -0.1) is 13.2 Å². The molecule has 0 aromatic heterocycles. The second-order valence-electron chi connectivity index (χ2n) is 4.66. The van der Waals surface area contributed by atoms with Crippen molar-refractivity contribution in [2.45, 2.75) is 58.3 Å². The fourth-order valence-electron chi connectivity index (χ4n) is 1.79. The Balaban J connectivity index is 0.00000137. The van der Waals surface area contributed by atoms with Gasteiger partial charge in [0, 0.05) is 17.8 Å². The minimum Gasteiger partial charge on any atom is -0.303 e. The number of carbonyl (C=O) groups excluding carboxylic acids is 1. The van der Waals surface area contributed by atoms with Crippen molar-refractivity contribution in [2.24, 2.45) is 10.9 Å². The molecule has 1 fully saturated rings. The van der Waals surface area contributed by atoms with Crippen molar-refractivity contribution in [1.82, 2.24) is 0 Å². The molecule has 18 heavy (non-hydrogen) atoms. The summed E-state index contributed by atoms with van der Waals surface area (Å²) in [4.78, 5) is 14.8. The first-order valence-corrected chi connectivity index (χ1v) is 6.94. The molecule has 0 saturated heterocycles. The standard InChI is InChI=1S/C14H23NO.C2H4/c1-3-14(7-5-4-6-10-16)15-12(2)11-13-8-9-13;1-2/h10,13H,2-9,11H2,1H3;1-2H2. The van der Waals surface area contributed by atoms with E-state index in [0.717, 1.165) is 50.0 Å². The average molecular weight is 249 g/mol. The van der Waals surface area contributed by atoms with Crippen molar-refractivity contribution in [2.75, 3.05) is 0 Å². The van der Waals surface area contributed by atoms with Crippen LogP contribution in [-0.2, 0) is 4.79 Å². The molecule has 1 rings (SSSR count). The van der Waals surface area contributed by atoms with E-state index in [9.17, 15) is 4.79 Å². The van der Waals surface area contributed by atoms with E-state index in [1.165, 1.54) is 18.6 Å². The molecule has 0 heterocycles. The highest BCUT2D eigenvalue weighted by atomic mass is 16.1. The van der Waals surface area contributed by atoms with E-state index in [-0.39, 0.29) is 0 Å².